The highest BCUT2D eigenvalue weighted by Gasteiger charge is 2.32. The van der Waals surface area contributed by atoms with Gasteiger partial charge in [-0.15, -0.1) is 0 Å². The van der Waals surface area contributed by atoms with Crippen LogP contribution in [0.2, 0.25) is 0 Å². The fraction of sp³-hybridized carbons (Fsp3) is 0.474. The van der Waals surface area contributed by atoms with Gasteiger partial charge in [-0.05, 0) is 107 Å². The molecule has 2 fully saturated rings. The van der Waals surface area contributed by atoms with Gasteiger partial charge in [-0.25, -0.2) is 19.2 Å². The number of carbonyl (C=O) groups is 2. The molecule has 2 aliphatic rings. The number of rotatable bonds is 10. The fourth-order valence-corrected chi connectivity index (χ4v) is 6.96. The molecule has 0 radical (unpaired) electrons. The highest BCUT2D eigenvalue weighted by Crippen LogP contribution is 2.32. The van der Waals surface area contributed by atoms with Gasteiger partial charge in [-0.1, -0.05) is 6.92 Å². The number of ether oxygens (including phenoxy) is 2. The van der Waals surface area contributed by atoms with Gasteiger partial charge >= 0.3 is 6.09 Å². The molecule has 0 bridgehead atoms. The molecular formula is C38H47F2N7O4. The number of fused-ring (bicyclic) bond motifs is 1. The van der Waals surface area contributed by atoms with Crippen LogP contribution < -0.4 is 15.4 Å². The van der Waals surface area contributed by atoms with Gasteiger partial charge in [0.1, 0.15) is 5.60 Å². The second-order valence-electron chi connectivity index (χ2n) is 14.4. The quantitative estimate of drug-likeness (QED) is 0.188. The molecule has 2 aromatic heterocycles. The summed E-state index contributed by atoms with van der Waals surface area (Å²) in [5.41, 5.74) is 2.59. The molecule has 2 amide bonds. The van der Waals surface area contributed by atoms with Crippen molar-refractivity contribution in [2.75, 3.05) is 51.7 Å². The lowest BCUT2D eigenvalue weighted by Crippen LogP contribution is -2.41. The van der Waals surface area contributed by atoms with Crippen LogP contribution in [0.3, 0.4) is 0 Å². The van der Waals surface area contributed by atoms with E-state index in [4.69, 9.17) is 9.47 Å². The van der Waals surface area contributed by atoms with E-state index in [1.807, 2.05) is 50.8 Å². The van der Waals surface area contributed by atoms with Gasteiger partial charge in [0, 0.05) is 55.4 Å². The molecule has 2 N–H and O–H groups in total. The molecule has 2 aromatic carbocycles. The maximum atomic E-state index is 14.9. The van der Waals surface area contributed by atoms with E-state index in [2.05, 4.69) is 25.5 Å². The number of nitrogens with zero attached hydrogens (tertiary/aromatic N) is 5. The number of likely N-dealkylation sites (tertiary alicyclic amines) is 2. The van der Waals surface area contributed by atoms with Crippen molar-refractivity contribution in [1.82, 2.24) is 29.5 Å². The van der Waals surface area contributed by atoms with Crippen LogP contribution in [0.15, 0.2) is 48.9 Å². The average Bonchev–Trinajstić information content (AvgIpc) is 3.76. The Balaban J connectivity index is 1.02. The monoisotopic (exact) mass is 703 g/mol. The maximum Gasteiger partial charge on any atom is 0.410 e. The zero-order valence-corrected chi connectivity index (χ0v) is 30.0. The molecule has 13 heteroatoms. The summed E-state index contributed by atoms with van der Waals surface area (Å²) < 4.78 is 41.5. The minimum absolute atomic E-state index is 0.0457. The molecule has 0 spiro atoms. The number of imidazole rings is 1. The molecule has 2 saturated heterocycles. The number of amides is 2. The first-order valence-corrected chi connectivity index (χ1v) is 17.7. The molecule has 0 aliphatic carbocycles. The fourth-order valence-electron chi connectivity index (χ4n) is 6.96. The molecule has 4 aromatic rings. The second kappa shape index (κ2) is 15.2. The number of carbonyl (C=O) groups excluding carboxylic acids is 2. The Morgan fingerprint density at radius 3 is 2.49 bits per heavy atom. The second-order valence-corrected chi connectivity index (χ2v) is 14.4. The molecule has 4 heterocycles. The van der Waals surface area contributed by atoms with Gasteiger partial charge in [0.15, 0.2) is 23.0 Å². The predicted octanol–water partition coefficient (Wildman–Crippen LogP) is 6.69. The highest BCUT2D eigenvalue weighted by molar-refractivity contribution is 5.96. The molecule has 1 atom stereocenters. The third-order valence-corrected chi connectivity index (χ3v) is 9.68. The third-order valence-electron chi connectivity index (χ3n) is 9.68. The van der Waals surface area contributed by atoms with Crippen LogP contribution in [-0.4, -0.2) is 88.1 Å². The van der Waals surface area contributed by atoms with Crippen LogP contribution in [-0.2, 0) is 11.2 Å². The van der Waals surface area contributed by atoms with E-state index in [0.29, 0.717) is 47.5 Å². The summed E-state index contributed by atoms with van der Waals surface area (Å²) in [6.07, 6.45) is 8.11. The number of halogens is 2. The largest absolute Gasteiger partial charge is 0.494 e. The molecule has 272 valence electrons. The summed E-state index contributed by atoms with van der Waals surface area (Å²) in [4.78, 5) is 39.0. The first-order valence-electron chi connectivity index (χ1n) is 17.7. The van der Waals surface area contributed by atoms with E-state index in [1.165, 1.54) is 25.4 Å². The first-order chi connectivity index (χ1) is 24.4. The minimum Gasteiger partial charge on any atom is -0.494 e. The number of hydrogen-bond acceptors (Lipinski definition) is 8. The summed E-state index contributed by atoms with van der Waals surface area (Å²) in [6.45, 7) is 12.7. The number of aromatic nitrogens is 3. The van der Waals surface area contributed by atoms with E-state index in [9.17, 15) is 18.4 Å². The van der Waals surface area contributed by atoms with Crippen LogP contribution in [0.5, 0.6) is 5.75 Å². The number of methoxy groups -OCH3 is 1. The Morgan fingerprint density at radius 2 is 1.76 bits per heavy atom. The van der Waals surface area contributed by atoms with Crippen LogP contribution in [0.1, 0.15) is 62.9 Å². The molecule has 2 aliphatic heterocycles. The number of nitrogens with one attached hydrogen (secondary N) is 2. The predicted molar refractivity (Wildman–Crippen MR) is 191 cm³/mol. The molecule has 11 nitrogen and oxygen atoms in total. The van der Waals surface area contributed by atoms with Crippen molar-refractivity contribution in [3.05, 3.63) is 71.7 Å². The van der Waals surface area contributed by atoms with Gasteiger partial charge in [0.25, 0.3) is 5.91 Å². The van der Waals surface area contributed by atoms with E-state index < -0.39 is 17.2 Å². The van der Waals surface area contributed by atoms with Gasteiger partial charge in [-0.2, -0.15) is 4.39 Å². The number of hydrogen-bond donors (Lipinski definition) is 2. The summed E-state index contributed by atoms with van der Waals surface area (Å²) >= 11 is 0. The smallest absolute Gasteiger partial charge is 0.410 e. The zero-order chi connectivity index (χ0) is 36.3. The van der Waals surface area contributed by atoms with Crippen molar-refractivity contribution in [3.63, 3.8) is 0 Å². The van der Waals surface area contributed by atoms with Gasteiger partial charge < -0.3 is 29.9 Å². The number of piperidine rings is 1. The SMILES string of the molecule is CCc1cc(Nc2nccn3c(-c4ccc(OC)c(F)c4F)cnc23)ccc1C(=O)NCC1CCN(CC2CCN(C(=O)OC(C)(C)C)C2)CC1. The Morgan fingerprint density at radius 1 is 1.00 bits per heavy atom. The summed E-state index contributed by atoms with van der Waals surface area (Å²) in [7, 11) is 1.28. The molecular weight excluding hydrogens is 656 g/mol. The average molecular weight is 704 g/mol. The van der Waals surface area contributed by atoms with Crippen molar-refractivity contribution < 1.29 is 27.8 Å². The van der Waals surface area contributed by atoms with Crippen LogP contribution in [0.4, 0.5) is 25.1 Å². The van der Waals surface area contributed by atoms with Crippen molar-refractivity contribution in [1.29, 1.82) is 0 Å². The number of benzene rings is 2. The Bertz CT molecular complexity index is 1880. The Kier molecular flexibility index (Phi) is 10.8. The maximum absolute atomic E-state index is 14.9. The van der Waals surface area contributed by atoms with Crippen molar-refractivity contribution in [2.45, 2.75) is 59.0 Å². The van der Waals surface area contributed by atoms with E-state index in [-0.39, 0.29) is 23.3 Å². The normalized spacial score (nSPS) is 17.2. The van der Waals surface area contributed by atoms with Gasteiger partial charge in [-0.3, -0.25) is 9.20 Å². The number of anilines is 2. The van der Waals surface area contributed by atoms with Crippen LogP contribution in [0.25, 0.3) is 16.9 Å². The first kappa shape index (κ1) is 36.0. The van der Waals surface area contributed by atoms with Gasteiger partial charge in [0.05, 0.1) is 19.0 Å². The lowest BCUT2D eigenvalue weighted by molar-refractivity contribution is 0.0283. The van der Waals surface area contributed by atoms with E-state index >= 15 is 0 Å². The minimum atomic E-state index is -1.07. The lowest BCUT2D eigenvalue weighted by atomic mass is 9.95. The summed E-state index contributed by atoms with van der Waals surface area (Å²) in [5.74, 6) is -1.07. The van der Waals surface area contributed by atoms with Gasteiger partial charge in [0.2, 0.25) is 5.82 Å². The highest BCUT2D eigenvalue weighted by atomic mass is 19.2. The number of aryl methyl sites for hydroxylation is 1. The zero-order valence-electron chi connectivity index (χ0n) is 30.0. The van der Waals surface area contributed by atoms with Crippen molar-refractivity contribution >= 4 is 29.2 Å². The van der Waals surface area contributed by atoms with E-state index in [1.54, 1.807) is 16.8 Å². The molecule has 6 rings (SSSR count). The van der Waals surface area contributed by atoms with Crippen LogP contribution in [0, 0.1) is 23.5 Å². The van der Waals surface area contributed by atoms with Crippen molar-refractivity contribution in [2.24, 2.45) is 11.8 Å². The van der Waals surface area contributed by atoms with Crippen molar-refractivity contribution in [3.8, 4) is 17.0 Å². The Labute approximate surface area is 297 Å². The third kappa shape index (κ3) is 8.24. The molecule has 1 unspecified atom stereocenters. The topological polar surface area (TPSA) is 113 Å². The Hall–Kier alpha value is -4.78. The standard InChI is InChI=1S/C38H47F2N7O4/c1-6-26-19-27(44-34-35-42-21-30(47(35)18-14-41-34)29-9-10-31(50-5)33(40)32(29)39)7-8-28(26)36(48)43-20-24-11-15-45(16-12-24)22-25-13-17-46(23-25)37(49)51-38(2,3)4/h7-10,14,18-19,21,24-25H,6,11-13,15-17,20,22-23H2,1-5H3,(H,41,44)(H,43,48). The van der Waals surface area contributed by atoms with E-state index in [0.717, 1.165) is 63.2 Å². The molecule has 51 heavy (non-hydrogen) atoms. The lowest BCUT2D eigenvalue weighted by Gasteiger charge is -2.33. The summed E-state index contributed by atoms with van der Waals surface area (Å²) in [6, 6.07) is 8.40. The molecule has 0 saturated carbocycles. The summed E-state index contributed by atoms with van der Waals surface area (Å²) in [5, 5.41) is 6.45. The van der Waals surface area contributed by atoms with Crippen LogP contribution >= 0.6 is 0 Å².